The largest absolute Gasteiger partial charge is 0.600 e. The van der Waals surface area contributed by atoms with Crippen molar-refractivity contribution in [2.75, 3.05) is 40.6 Å². The van der Waals surface area contributed by atoms with Gasteiger partial charge in [0.1, 0.15) is 11.5 Å². The summed E-state index contributed by atoms with van der Waals surface area (Å²) >= 11 is 0. The predicted molar refractivity (Wildman–Crippen MR) is 347 cm³/mol. The van der Waals surface area contributed by atoms with Crippen molar-refractivity contribution in [3.8, 4) is 11.5 Å². The topological polar surface area (TPSA) is 92.3 Å². The Labute approximate surface area is 485 Å². The Morgan fingerprint density at radius 1 is 0.494 bits per heavy atom. The molecule has 6 aliphatic rings. The Balaban J connectivity index is -0.000000269. The molecule has 16 heteroatoms. The Hall–Kier alpha value is -1.11. The minimum Gasteiger partial charge on any atom is -0.523 e. The Bertz CT molecular complexity index is 1520. The lowest BCUT2D eigenvalue weighted by Crippen LogP contribution is -2.41. The second-order valence-corrected chi connectivity index (χ2v) is 27.9. The van der Waals surface area contributed by atoms with E-state index in [0.29, 0.717) is 16.9 Å². The van der Waals surface area contributed by atoms with E-state index in [1.165, 1.54) is 64.2 Å². The fourth-order valence-electron chi connectivity index (χ4n) is 9.95. The first-order valence-electron chi connectivity index (χ1n) is 27.9. The van der Waals surface area contributed by atoms with Crippen LogP contribution in [0.3, 0.4) is 0 Å². The first-order chi connectivity index (χ1) is 32.6. The molecule has 0 atom stereocenters. The van der Waals surface area contributed by atoms with Gasteiger partial charge in [-0.25, -0.2) is 0 Å². The van der Waals surface area contributed by atoms with Gasteiger partial charge in [-0.15, -0.1) is 0 Å². The summed E-state index contributed by atoms with van der Waals surface area (Å²) in [5, 5.41) is 0.753. The number of benzene rings is 1. The van der Waals surface area contributed by atoms with E-state index < -0.39 is 0 Å². The zero-order valence-corrected chi connectivity index (χ0v) is 50.6. The highest BCUT2D eigenvalue weighted by Crippen LogP contribution is 2.50. The third kappa shape index (κ3) is 29.6. The zero-order chi connectivity index (χ0) is 54.2. The first kappa shape index (κ1) is 84.7. The molecule has 0 unspecified atom stereocenters. The van der Waals surface area contributed by atoms with Gasteiger partial charge >= 0.3 is 35.6 Å². The fraction of sp³-hybridized carbons (Fsp3) is 0.902. The van der Waals surface area contributed by atoms with E-state index in [4.69, 9.17) is 46.5 Å². The normalized spacial score (nSPS) is 19.5. The van der Waals surface area contributed by atoms with Gasteiger partial charge in [0.15, 0.2) is 6.71 Å². The quantitative estimate of drug-likeness (QED) is 0.257. The summed E-state index contributed by atoms with van der Waals surface area (Å²) < 4.78 is 54.6. The lowest BCUT2D eigenvalue weighted by atomic mass is 9.21. The summed E-state index contributed by atoms with van der Waals surface area (Å²) in [4.78, 5) is 0. The van der Waals surface area contributed by atoms with Crippen molar-refractivity contribution in [1.82, 2.24) is 0 Å². The third-order valence-corrected chi connectivity index (χ3v) is 14.4. The van der Waals surface area contributed by atoms with Gasteiger partial charge in [-0.3, -0.25) is 0 Å². The summed E-state index contributed by atoms with van der Waals surface area (Å²) in [6.07, 6.45) is 15.1. The van der Waals surface area contributed by atoms with Crippen molar-refractivity contribution in [3.05, 3.63) is 24.3 Å². The van der Waals surface area contributed by atoms with Gasteiger partial charge in [0.05, 0.1) is 24.4 Å². The van der Waals surface area contributed by atoms with Crippen molar-refractivity contribution in [1.29, 1.82) is 0 Å². The zero-order valence-electron chi connectivity index (χ0n) is 50.6. The molecule has 0 amide bonds. The maximum absolute atomic E-state index is 5.80. The summed E-state index contributed by atoms with van der Waals surface area (Å²) in [7, 11) is 3.02. The second kappa shape index (κ2) is 37.2. The highest BCUT2D eigenvalue weighted by atomic mass is 16.7. The second-order valence-electron chi connectivity index (χ2n) is 27.9. The predicted octanol–water partition coefficient (Wildman–Crippen LogP) is 19.8. The molecule has 454 valence electrons. The number of hydrogen-bond acceptors (Lipinski definition) is 10. The van der Waals surface area contributed by atoms with Gasteiger partial charge < -0.3 is 46.5 Å². The van der Waals surface area contributed by atoms with Crippen LogP contribution >= 0.6 is 0 Å². The summed E-state index contributed by atoms with van der Waals surface area (Å²) in [6.45, 7) is 51.6. The highest BCUT2D eigenvalue weighted by Gasteiger charge is 2.52. The van der Waals surface area contributed by atoms with E-state index in [0.717, 1.165) is 56.3 Å². The van der Waals surface area contributed by atoms with Crippen LogP contribution in [0.5, 0.6) is 11.5 Å². The van der Waals surface area contributed by atoms with Crippen molar-refractivity contribution < 1.29 is 46.5 Å². The van der Waals surface area contributed by atoms with Crippen LogP contribution in [0, 0.1) is 5.41 Å². The molecule has 5 fully saturated rings. The molecule has 0 spiro atoms. The molecule has 10 nitrogen and oxygen atoms in total. The molecule has 1 aromatic rings. The Morgan fingerprint density at radius 2 is 0.831 bits per heavy atom. The molecule has 4 aliphatic heterocycles. The summed E-state index contributed by atoms with van der Waals surface area (Å²) in [5.74, 6) is 4.68. The van der Waals surface area contributed by atoms with Crippen LogP contribution in [0.15, 0.2) is 24.3 Å². The average molecular weight is 1090 g/mol. The van der Waals surface area contributed by atoms with Gasteiger partial charge in [-0.05, 0) is 62.1 Å². The molecular formula is C61H132B6O10. The van der Waals surface area contributed by atoms with E-state index in [1.807, 2.05) is 24.3 Å². The minimum absolute atomic E-state index is 0. The van der Waals surface area contributed by atoms with Crippen LogP contribution in [0.1, 0.15) is 261 Å². The molecule has 2 aliphatic carbocycles. The maximum atomic E-state index is 5.80. The molecule has 77 heavy (non-hydrogen) atoms. The van der Waals surface area contributed by atoms with E-state index in [-0.39, 0.29) is 113 Å². The maximum Gasteiger partial charge on any atom is 0.600 e. The van der Waals surface area contributed by atoms with Crippen molar-refractivity contribution in [2.45, 2.75) is 317 Å². The molecule has 0 aromatic heterocycles. The molecule has 1 aromatic carbocycles. The molecule has 0 bridgehead atoms. The Kier molecular flexibility index (Phi) is 40.9. The van der Waals surface area contributed by atoms with Crippen LogP contribution in [0.2, 0.25) is 44.5 Å². The number of rotatable bonds is 6. The Morgan fingerprint density at radius 3 is 1.06 bits per heavy atom. The summed E-state index contributed by atoms with van der Waals surface area (Å²) in [6, 6.07) is 7.77. The van der Waals surface area contributed by atoms with Crippen LogP contribution in [0.4, 0.5) is 0 Å². The molecule has 7 rings (SSSR count). The molecular weight excluding hydrogens is 958 g/mol. The van der Waals surface area contributed by atoms with Gasteiger partial charge in [0.25, 0.3) is 0 Å². The highest BCUT2D eigenvalue weighted by molar-refractivity contribution is 6.65. The fourth-order valence-corrected chi connectivity index (χ4v) is 9.95. The van der Waals surface area contributed by atoms with Gasteiger partial charge in [-0.1, -0.05) is 262 Å². The van der Waals surface area contributed by atoms with E-state index in [1.54, 1.807) is 14.2 Å². The SMILES string of the molecule is C.C.C.C.C.C.CC(C)(C)B(C1CCCCC1)C1CCCCC1.CC(C)(C)B1OCCO1.CC(C)(C)B1Oc2ccccc2O1.CC(C)B1OC(C)(C)C(C)(C)O1.CC(C)B1OCC(C)(C)CO1.COB(OC)C(C)(C)C. The van der Waals surface area contributed by atoms with Gasteiger partial charge in [0, 0.05) is 38.2 Å². The van der Waals surface area contributed by atoms with Crippen LogP contribution in [0.25, 0.3) is 0 Å². The number of fused-ring (bicyclic) bond motifs is 1. The van der Waals surface area contributed by atoms with Crippen LogP contribution < -0.4 is 9.31 Å². The van der Waals surface area contributed by atoms with Crippen LogP contribution in [-0.2, 0) is 37.2 Å². The van der Waals surface area contributed by atoms with E-state index in [9.17, 15) is 0 Å². The van der Waals surface area contributed by atoms with E-state index >= 15 is 0 Å². The first-order valence-corrected chi connectivity index (χ1v) is 27.9. The van der Waals surface area contributed by atoms with Crippen molar-refractivity contribution in [3.63, 3.8) is 0 Å². The third-order valence-electron chi connectivity index (χ3n) is 14.4. The minimum atomic E-state index is -0.179. The van der Waals surface area contributed by atoms with Crippen molar-refractivity contribution in [2.24, 2.45) is 5.41 Å². The summed E-state index contributed by atoms with van der Waals surface area (Å²) in [5.41, 5.74) is -0.157. The lowest BCUT2D eigenvalue weighted by molar-refractivity contribution is 0.00578. The number of para-hydroxylation sites is 2. The lowest BCUT2D eigenvalue weighted by Gasteiger charge is -2.43. The smallest absolute Gasteiger partial charge is 0.523 e. The molecule has 2 saturated carbocycles. The standard InChI is InChI=1S/C16H31B.C10H13BO2.C9H19BO2.C8H17BO2.C6H13BO2.C6H15BO2.6CH4/c1-16(2,3)17(14-10-6-4-7-11-14)15-12-8-5-9-13-15;1-10(2,3)11-12-8-6-4-5-7-9(8)13-11;1-7(2)10-11-8(3,4)9(5,6)12-10;1-7(2)9-10-5-8(3,4)6-11-9;1-6(2,3)7-8-4-5-9-7;1-6(2,3)7(8-4)9-5;;;;;;/h14-15H,4-13H2,1-3H3;4-7H,1-3H3;7H,1-6H3;7H,5-6H2,1-4H3;4-5H2,1-3H3;1-5H3;6*1H4. The molecule has 0 radical (unpaired) electrons. The monoisotopic (exact) mass is 1090 g/mol. The van der Waals surface area contributed by atoms with Crippen LogP contribution in [-0.4, -0.2) is 94.2 Å². The van der Waals surface area contributed by atoms with E-state index in [2.05, 4.69) is 152 Å². The van der Waals surface area contributed by atoms with Gasteiger partial charge in [-0.2, -0.15) is 0 Å². The molecule has 4 heterocycles. The molecule has 3 saturated heterocycles. The number of hydrogen-bond donors (Lipinski definition) is 0. The van der Waals surface area contributed by atoms with Crippen molar-refractivity contribution >= 4 is 42.3 Å². The average Bonchev–Trinajstić information content (AvgIpc) is 4.01. The van der Waals surface area contributed by atoms with Gasteiger partial charge in [0.2, 0.25) is 0 Å². The molecule has 0 N–H and O–H groups in total.